The van der Waals surface area contributed by atoms with Gasteiger partial charge in [0.1, 0.15) is 0 Å². The van der Waals surface area contributed by atoms with E-state index in [4.69, 9.17) is 14.8 Å². The number of carbonyl (C=O) groups excluding carboxylic acids is 1. The molecule has 1 atom stereocenters. The van der Waals surface area contributed by atoms with E-state index in [1.807, 2.05) is 11.4 Å². The molecule has 0 radical (unpaired) electrons. The number of carbonyl (C=O) groups is 1. The lowest BCUT2D eigenvalue weighted by Gasteiger charge is -2.29. The first-order valence-electron chi connectivity index (χ1n) is 11.3. The van der Waals surface area contributed by atoms with Crippen LogP contribution < -0.4 is 15.1 Å². The molecule has 0 aliphatic carbocycles. The third-order valence-corrected chi connectivity index (χ3v) is 6.29. The van der Waals surface area contributed by atoms with Gasteiger partial charge in [-0.05, 0) is 38.5 Å². The molecular weight excluding hydrogens is 404 g/mol. The molecule has 3 aromatic rings. The highest BCUT2D eigenvalue weighted by molar-refractivity contribution is 5.78. The Morgan fingerprint density at radius 2 is 1.94 bits per heavy atom. The summed E-state index contributed by atoms with van der Waals surface area (Å²) >= 11 is 0. The number of anilines is 2. The first-order valence-corrected chi connectivity index (χ1v) is 11.3. The molecule has 0 bridgehead atoms. The minimum absolute atomic E-state index is 0.0204. The van der Waals surface area contributed by atoms with Gasteiger partial charge in [0.2, 0.25) is 5.91 Å². The van der Waals surface area contributed by atoms with Crippen LogP contribution in [-0.4, -0.2) is 65.9 Å². The highest BCUT2D eigenvalue weighted by Gasteiger charge is 2.27. The molecule has 168 valence electrons. The quantitative estimate of drug-likeness (QED) is 0.680. The number of morpholine rings is 1. The van der Waals surface area contributed by atoms with Gasteiger partial charge in [-0.3, -0.25) is 4.79 Å². The summed E-state index contributed by atoms with van der Waals surface area (Å²) in [6.45, 7) is 10.7. The van der Waals surface area contributed by atoms with Crippen LogP contribution in [0.25, 0.3) is 16.9 Å². The maximum atomic E-state index is 11.5. The number of rotatable bonds is 4. The van der Waals surface area contributed by atoms with Crippen LogP contribution in [0.1, 0.15) is 24.7 Å². The summed E-state index contributed by atoms with van der Waals surface area (Å²) in [5, 5.41) is 7.89. The van der Waals surface area contributed by atoms with Crippen molar-refractivity contribution < 1.29 is 9.53 Å². The van der Waals surface area contributed by atoms with Crippen LogP contribution in [0.15, 0.2) is 30.3 Å². The molecule has 32 heavy (non-hydrogen) atoms. The zero-order chi connectivity index (χ0) is 22.2. The van der Waals surface area contributed by atoms with Crippen LogP contribution in [0, 0.1) is 13.8 Å². The second kappa shape index (κ2) is 8.43. The lowest BCUT2D eigenvalue weighted by Crippen LogP contribution is -2.36. The van der Waals surface area contributed by atoms with Crippen LogP contribution in [0.4, 0.5) is 11.4 Å². The minimum atomic E-state index is 0.0204. The fourth-order valence-corrected chi connectivity index (χ4v) is 4.85. The smallest absolute Gasteiger partial charge is 0.217 e. The van der Waals surface area contributed by atoms with Gasteiger partial charge in [-0.15, -0.1) is 0 Å². The maximum Gasteiger partial charge on any atom is 0.217 e. The van der Waals surface area contributed by atoms with Crippen molar-refractivity contribution in [1.29, 1.82) is 0 Å². The van der Waals surface area contributed by atoms with Crippen molar-refractivity contribution in [2.24, 2.45) is 0 Å². The lowest BCUT2D eigenvalue weighted by molar-refractivity contribution is -0.119. The second-order valence-corrected chi connectivity index (χ2v) is 8.73. The Balaban J connectivity index is 1.53. The van der Waals surface area contributed by atoms with E-state index >= 15 is 0 Å². The average molecular weight is 435 g/mol. The monoisotopic (exact) mass is 434 g/mol. The highest BCUT2D eigenvalue weighted by atomic mass is 16.5. The minimum Gasteiger partial charge on any atom is -0.378 e. The average Bonchev–Trinajstić information content (AvgIpc) is 3.37. The molecular formula is C24H30N6O2. The summed E-state index contributed by atoms with van der Waals surface area (Å²) in [4.78, 5) is 21.1. The summed E-state index contributed by atoms with van der Waals surface area (Å²) in [6.07, 6.45) is 0.932. The number of hydrogen-bond acceptors (Lipinski definition) is 6. The van der Waals surface area contributed by atoms with E-state index in [2.05, 4.69) is 52.4 Å². The molecule has 8 nitrogen and oxygen atoms in total. The van der Waals surface area contributed by atoms with Crippen LogP contribution >= 0.6 is 0 Å². The van der Waals surface area contributed by atoms with E-state index in [0.717, 1.165) is 79.8 Å². The number of benzene rings is 1. The Hall–Kier alpha value is -3.13. The fourth-order valence-electron chi connectivity index (χ4n) is 4.85. The Bertz CT molecular complexity index is 1150. The molecule has 1 unspecified atom stereocenters. The predicted octanol–water partition coefficient (Wildman–Crippen LogP) is 2.56. The number of amides is 1. The molecule has 5 rings (SSSR count). The van der Waals surface area contributed by atoms with Gasteiger partial charge >= 0.3 is 0 Å². The summed E-state index contributed by atoms with van der Waals surface area (Å²) in [6, 6.07) is 10.9. The summed E-state index contributed by atoms with van der Waals surface area (Å²) in [7, 11) is 0. The third-order valence-electron chi connectivity index (χ3n) is 6.29. The topological polar surface area (TPSA) is 75.0 Å². The Labute approximate surface area is 188 Å². The summed E-state index contributed by atoms with van der Waals surface area (Å²) < 4.78 is 7.50. The number of fused-ring (bicyclic) bond motifs is 1. The zero-order valence-electron chi connectivity index (χ0n) is 19.0. The predicted molar refractivity (Wildman–Crippen MR) is 125 cm³/mol. The van der Waals surface area contributed by atoms with Crippen molar-refractivity contribution in [1.82, 2.24) is 19.9 Å². The molecule has 0 saturated carbocycles. The molecule has 2 aliphatic heterocycles. The number of nitrogens with zero attached hydrogens (tertiary/aromatic N) is 5. The Morgan fingerprint density at radius 3 is 2.72 bits per heavy atom. The van der Waals surface area contributed by atoms with Gasteiger partial charge in [-0.1, -0.05) is 12.1 Å². The number of aromatic nitrogens is 3. The van der Waals surface area contributed by atoms with Crippen molar-refractivity contribution in [3.8, 4) is 11.3 Å². The maximum absolute atomic E-state index is 11.5. The third kappa shape index (κ3) is 3.90. The standard InChI is InChI=1S/C24H30N6O2/c1-16-13-22(29-8-7-20(15-29)26-18(3)31)24-25-17(2)23(30(24)27-16)19-5-4-6-21(14-19)28-9-11-32-12-10-28/h4-6,13-14,20H,7-12,15H2,1-3H3,(H,26,31). The molecule has 1 N–H and O–H groups in total. The molecule has 1 amide bonds. The van der Waals surface area contributed by atoms with Gasteiger partial charge in [0.25, 0.3) is 0 Å². The molecule has 2 saturated heterocycles. The second-order valence-electron chi connectivity index (χ2n) is 8.73. The number of aryl methyl sites for hydroxylation is 2. The van der Waals surface area contributed by atoms with Crippen molar-refractivity contribution in [2.45, 2.75) is 33.2 Å². The highest BCUT2D eigenvalue weighted by Crippen LogP contribution is 2.32. The summed E-state index contributed by atoms with van der Waals surface area (Å²) in [5.74, 6) is 0.0204. The van der Waals surface area contributed by atoms with E-state index in [1.165, 1.54) is 5.69 Å². The van der Waals surface area contributed by atoms with Crippen LogP contribution in [0.2, 0.25) is 0 Å². The zero-order valence-corrected chi connectivity index (χ0v) is 19.0. The number of imidazole rings is 1. The van der Waals surface area contributed by atoms with E-state index in [-0.39, 0.29) is 11.9 Å². The first kappa shape index (κ1) is 20.8. The number of nitrogens with one attached hydrogen (secondary N) is 1. The van der Waals surface area contributed by atoms with Gasteiger partial charge in [0, 0.05) is 50.4 Å². The molecule has 8 heteroatoms. The van der Waals surface area contributed by atoms with Crippen LogP contribution in [0.3, 0.4) is 0 Å². The largest absolute Gasteiger partial charge is 0.378 e. The molecule has 1 aromatic carbocycles. The van der Waals surface area contributed by atoms with E-state index in [9.17, 15) is 4.79 Å². The molecule has 0 spiro atoms. The van der Waals surface area contributed by atoms with Gasteiger partial charge in [-0.25, -0.2) is 9.50 Å². The van der Waals surface area contributed by atoms with Crippen LogP contribution in [0.5, 0.6) is 0 Å². The van der Waals surface area contributed by atoms with Crippen molar-refractivity contribution in [3.63, 3.8) is 0 Å². The van der Waals surface area contributed by atoms with E-state index in [1.54, 1.807) is 6.92 Å². The first-order chi connectivity index (χ1) is 15.5. The van der Waals surface area contributed by atoms with Gasteiger partial charge in [-0.2, -0.15) is 5.10 Å². The van der Waals surface area contributed by atoms with E-state index < -0.39 is 0 Å². The number of ether oxygens (including phenoxy) is 1. The van der Waals surface area contributed by atoms with Crippen molar-refractivity contribution >= 4 is 22.9 Å². The molecule has 2 fully saturated rings. The molecule has 2 aliphatic rings. The van der Waals surface area contributed by atoms with E-state index in [0.29, 0.717) is 0 Å². The molecule has 4 heterocycles. The number of hydrogen-bond donors (Lipinski definition) is 1. The van der Waals surface area contributed by atoms with Crippen molar-refractivity contribution in [3.05, 3.63) is 41.7 Å². The van der Waals surface area contributed by atoms with Gasteiger partial charge < -0.3 is 19.9 Å². The normalized spacial score (nSPS) is 19.0. The molecule has 2 aromatic heterocycles. The fraction of sp³-hybridized carbons (Fsp3) is 0.458. The van der Waals surface area contributed by atoms with Crippen molar-refractivity contribution in [2.75, 3.05) is 49.2 Å². The van der Waals surface area contributed by atoms with Crippen LogP contribution in [-0.2, 0) is 9.53 Å². The lowest BCUT2D eigenvalue weighted by atomic mass is 10.1. The van der Waals surface area contributed by atoms with Gasteiger partial charge in [0.15, 0.2) is 5.65 Å². The SMILES string of the molecule is CC(=O)NC1CCN(c2cc(C)nn3c(-c4cccc(N5CCOCC5)c4)c(C)nc23)C1. The summed E-state index contributed by atoms with van der Waals surface area (Å²) in [5.41, 5.74) is 7.18. The Kier molecular flexibility index (Phi) is 5.46. The van der Waals surface area contributed by atoms with Gasteiger partial charge in [0.05, 0.1) is 36.0 Å². The Morgan fingerprint density at radius 1 is 1.12 bits per heavy atom.